The number of fused-ring (bicyclic) bond motifs is 1. The summed E-state index contributed by atoms with van der Waals surface area (Å²) in [5.74, 6) is 0. The smallest absolute Gasteiger partial charge is 0.294 e. The lowest BCUT2D eigenvalue weighted by Crippen LogP contribution is -2.22. The van der Waals surface area contributed by atoms with Gasteiger partial charge in [0.15, 0.2) is 5.65 Å². The lowest BCUT2D eigenvalue weighted by atomic mass is 10.1. The Bertz CT molecular complexity index is 1330. The molecule has 2 heterocycles. The van der Waals surface area contributed by atoms with Gasteiger partial charge in [-0.05, 0) is 17.7 Å². The van der Waals surface area contributed by atoms with Gasteiger partial charge in [-0.1, -0.05) is 30.3 Å². The van der Waals surface area contributed by atoms with Crippen LogP contribution in [0.3, 0.4) is 0 Å². The van der Waals surface area contributed by atoms with Crippen molar-refractivity contribution in [1.82, 2.24) is 19.3 Å². The van der Waals surface area contributed by atoms with Gasteiger partial charge < -0.3 is 0 Å². The van der Waals surface area contributed by atoms with E-state index >= 15 is 0 Å². The van der Waals surface area contributed by atoms with Crippen LogP contribution in [0.25, 0.3) is 16.7 Å². The minimum absolute atomic E-state index is 0.0279. The Morgan fingerprint density at radius 2 is 1.77 bits per heavy atom. The van der Waals surface area contributed by atoms with Gasteiger partial charge in [-0.15, -0.1) is 0 Å². The fourth-order valence-corrected chi connectivity index (χ4v) is 3.15. The van der Waals surface area contributed by atoms with Crippen molar-refractivity contribution in [3.8, 4) is 5.69 Å². The molecule has 30 heavy (non-hydrogen) atoms. The number of halogens is 3. The quantitative estimate of drug-likeness (QED) is 0.375. The van der Waals surface area contributed by atoms with E-state index in [1.807, 2.05) is 0 Å². The first-order valence-electron chi connectivity index (χ1n) is 8.59. The normalized spacial score (nSPS) is 11.7. The molecule has 2 aromatic heterocycles. The number of alkyl halides is 3. The molecule has 0 aliphatic heterocycles. The summed E-state index contributed by atoms with van der Waals surface area (Å²) in [6, 6.07) is 10.8. The van der Waals surface area contributed by atoms with Crippen molar-refractivity contribution in [2.45, 2.75) is 12.7 Å². The van der Waals surface area contributed by atoms with Crippen LogP contribution >= 0.6 is 0 Å². The maximum absolute atomic E-state index is 13.2. The molecule has 0 saturated heterocycles. The molecule has 4 aromatic rings. The van der Waals surface area contributed by atoms with E-state index < -0.39 is 22.2 Å². The van der Waals surface area contributed by atoms with Crippen LogP contribution in [0.4, 0.5) is 18.9 Å². The number of nitro benzene ring substituents is 1. The van der Waals surface area contributed by atoms with E-state index in [1.165, 1.54) is 42.6 Å². The van der Waals surface area contributed by atoms with Crippen LogP contribution in [0.1, 0.15) is 11.1 Å². The molecule has 0 unspecified atom stereocenters. The van der Waals surface area contributed by atoms with Crippen molar-refractivity contribution >= 4 is 16.7 Å². The molecule has 0 atom stereocenters. The molecule has 152 valence electrons. The summed E-state index contributed by atoms with van der Waals surface area (Å²) in [6.07, 6.45) is -2.27. The molecule has 0 spiro atoms. The highest BCUT2D eigenvalue weighted by Gasteiger charge is 2.33. The van der Waals surface area contributed by atoms with E-state index in [2.05, 4.69) is 10.1 Å². The van der Waals surface area contributed by atoms with Crippen LogP contribution < -0.4 is 5.56 Å². The summed E-state index contributed by atoms with van der Waals surface area (Å²) in [7, 11) is 0. The zero-order valence-electron chi connectivity index (χ0n) is 15.1. The second-order valence-electron chi connectivity index (χ2n) is 6.37. The fourth-order valence-electron chi connectivity index (χ4n) is 3.15. The Morgan fingerprint density at radius 3 is 2.50 bits per heavy atom. The predicted molar refractivity (Wildman–Crippen MR) is 100 cm³/mol. The maximum atomic E-state index is 13.2. The zero-order chi connectivity index (χ0) is 21.5. The van der Waals surface area contributed by atoms with Gasteiger partial charge in [-0.3, -0.25) is 19.5 Å². The third-order valence-electron chi connectivity index (χ3n) is 4.52. The largest absolute Gasteiger partial charge is 0.416 e. The van der Waals surface area contributed by atoms with Crippen molar-refractivity contribution in [3.05, 3.63) is 92.7 Å². The van der Waals surface area contributed by atoms with Crippen LogP contribution in [0.2, 0.25) is 0 Å². The van der Waals surface area contributed by atoms with Gasteiger partial charge in [0.1, 0.15) is 17.4 Å². The number of aromatic nitrogens is 4. The van der Waals surface area contributed by atoms with Crippen LogP contribution in [-0.2, 0) is 12.7 Å². The average molecular weight is 415 g/mol. The van der Waals surface area contributed by atoms with E-state index in [9.17, 15) is 28.1 Å². The van der Waals surface area contributed by atoms with Gasteiger partial charge >= 0.3 is 6.18 Å². The van der Waals surface area contributed by atoms with Crippen molar-refractivity contribution in [2.24, 2.45) is 0 Å². The van der Waals surface area contributed by atoms with Gasteiger partial charge in [0, 0.05) is 6.07 Å². The number of hydrogen-bond acceptors (Lipinski definition) is 5. The van der Waals surface area contributed by atoms with Crippen LogP contribution in [0.15, 0.2) is 65.8 Å². The lowest BCUT2D eigenvalue weighted by Gasteiger charge is -2.13. The molecule has 0 saturated carbocycles. The number of rotatable bonds is 4. The van der Waals surface area contributed by atoms with E-state index in [1.54, 1.807) is 6.07 Å². The standard InChI is InChI=1S/C19H12F3N5O3/c20-19(21,22)14-6-2-1-5-12(14)10-25-11-23-17-13(18(25)28)9-24-26(17)15-7-3-4-8-16(15)27(29)30/h1-9,11H,10H2. The first-order valence-corrected chi connectivity index (χ1v) is 8.59. The third-order valence-corrected chi connectivity index (χ3v) is 4.52. The minimum Gasteiger partial charge on any atom is -0.294 e. The number of para-hydroxylation sites is 2. The Hall–Kier alpha value is -4.02. The monoisotopic (exact) mass is 415 g/mol. The topological polar surface area (TPSA) is 95.8 Å². The van der Waals surface area contributed by atoms with Gasteiger partial charge in [0.2, 0.25) is 0 Å². The molecule has 0 N–H and O–H groups in total. The molecule has 0 amide bonds. The SMILES string of the molecule is O=c1c2cnn(-c3ccccc3[N+](=O)[O-])c2ncn1Cc1ccccc1C(F)(F)F. The van der Waals surface area contributed by atoms with E-state index in [4.69, 9.17) is 0 Å². The number of nitrogens with zero attached hydrogens (tertiary/aromatic N) is 5. The highest BCUT2D eigenvalue weighted by atomic mass is 19.4. The van der Waals surface area contributed by atoms with Crippen LogP contribution in [0.5, 0.6) is 0 Å². The van der Waals surface area contributed by atoms with Gasteiger partial charge in [-0.25, -0.2) is 9.67 Å². The molecule has 0 fully saturated rings. The molecule has 0 aliphatic carbocycles. The molecule has 0 aliphatic rings. The lowest BCUT2D eigenvalue weighted by molar-refractivity contribution is -0.384. The summed E-state index contributed by atoms with van der Waals surface area (Å²) >= 11 is 0. The Morgan fingerprint density at radius 1 is 1.07 bits per heavy atom. The summed E-state index contributed by atoms with van der Waals surface area (Å²) in [6.45, 7) is -0.339. The number of hydrogen-bond donors (Lipinski definition) is 0. The first kappa shape index (κ1) is 19.3. The zero-order valence-corrected chi connectivity index (χ0v) is 15.1. The van der Waals surface area contributed by atoms with Crippen LogP contribution in [0, 0.1) is 10.1 Å². The van der Waals surface area contributed by atoms with E-state index in [0.29, 0.717) is 0 Å². The van der Waals surface area contributed by atoms with Crippen LogP contribution in [-0.4, -0.2) is 24.3 Å². The number of nitro groups is 1. The molecule has 0 bridgehead atoms. The van der Waals surface area contributed by atoms with Gasteiger partial charge in [0.05, 0.1) is 23.2 Å². The molecular weight excluding hydrogens is 403 g/mol. The molecule has 4 rings (SSSR count). The summed E-state index contributed by atoms with van der Waals surface area (Å²) in [4.78, 5) is 27.6. The Balaban J connectivity index is 1.81. The number of benzene rings is 2. The molecule has 2 aromatic carbocycles. The van der Waals surface area contributed by atoms with Gasteiger partial charge in [0.25, 0.3) is 11.2 Å². The van der Waals surface area contributed by atoms with Crippen molar-refractivity contribution < 1.29 is 18.1 Å². The first-order chi connectivity index (χ1) is 14.3. The van der Waals surface area contributed by atoms with Gasteiger partial charge in [-0.2, -0.15) is 18.3 Å². The second-order valence-corrected chi connectivity index (χ2v) is 6.37. The molecule has 0 radical (unpaired) electrons. The summed E-state index contributed by atoms with van der Waals surface area (Å²) in [5.41, 5.74) is -1.58. The Kier molecular flexibility index (Phi) is 4.57. The summed E-state index contributed by atoms with van der Waals surface area (Å²) < 4.78 is 41.9. The molecule has 8 nitrogen and oxygen atoms in total. The van der Waals surface area contributed by atoms with Crippen molar-refractivity contribution in [3.63, 3.8) is 0 Å². The molecule has 11 heteroatoms. The second kappa shape index (κ2) is 7.10. The maximum Gasteiger partial charge on any atom is 0.416 e. The predicted octanol–water partition coefficient (Wildman–Crippen LogP) is 3.56. The summed E-state index contributed by atoms with van der Waals surface area (Å²) in [5, 5.41) is 15.3. The van der Waals surface area contributed by atoms with E-state index in [-0.39, 0.29) is 34.5 Å². The van der Waals surface area contributed by atoms with Crippen molar-refractivity contribution in [2.75, 3.05) is 0 Å². The van der Waals surface area contributed by atoms with E-state index in [0.717, 1.165) is 21.6 Å². The molecular formula is C19H12F3N5O3. The highest BCUT2D eigenvalue weighted by Crippen LogP contribution is 2.32. The minimum atomic E-state index is -4.56. The highest BCUT2D eigenvalue weighted by molar-refractivity contribution is 5.76. The third kappa shape index (κ3) is 3.30. The fraction of sp³-hybridized carbons (Fsp3) is 0.105. The van der Waals surface area contributed by atoms with Crippen molar-refractivity contribution in [1.29, 1.82) is 0 Å². The Labute approximate surface area is 166 Å². The average Bonchev–Trinajstić information content (AvgIpc) is 3.14.